The summed E-state index contributed by atoms with van der Waals surface area (Å²) in [5.74, 6) is 0. The van der Waals surface area contributed by atoms with Gasteiger partial charge in [-0.3, -0.25) is 0 Å². The molecule has 52 heavy (non-hydrogen) atoms. The highest BCUT2D eigenvalue weighted by molar-refractivity contribution is 6.89. The van der Waals surface area contributed by atoms with Gasteiger partial charge in [0.25, 0.3) is 0 Å². The first-order chi connectivity index (χ1) is 25.3. The fourth-order valence-corrected chi connectivity index (χ4v) is 8.98. The number of anilines is 6. The summed E-state index contributed by atoms with van der Waals surface area (Å²) >= 11 is 0. The van der Waals surface area contributed by atoms with Gasteiger partial charge in [0.15, 0.2) is 11.4 Å². The second-order valence-electron chi connectivity index (χ2n) is 14.0. The Morgan fingerprint density at radius 1 is 0.519 bits per heavy atom. The molecule has 0 aromatic heterocycles. The summed E-state index contributed by atoms with van der Waals surface area (Å²) in [5, 5.41) is 18.0. The molecule has 0 aliphatic rings. The molecule has 0 bridgehead atoms. The van der Waals surface area contributed by atoms with Crippen LogP contribution in [0.2, 0.25) is 19.6 Å². The second-order valence-corrected chi connectivity index (χ2v) is 19.0. The maximum Gasteiger partial charge on any atom is 0.189 e. The molecule has 6 heteroatoms. The first-order valence-corrected chi connectivity index (χ1v) is 20.6. The second kappa shape index (κ2) is 12.8. The highest BCUT2D eigenvalue weighted by atomic mass is 28.3. The summed E-state index contributed by atoms with van der Waals surface area (Å²) in [5.41, 5.74) is 7.45. The van der Waals surface area contributed by atoms with E-state index in [4.69, 9.17) is 13.1 Å². The molecule has 5 nitrogen and oxygen atoms in total. The van der Waals surface area contributed by atoms with Crippen LogP contribution in [0, 0.1) is 24.5 Å². The topological polar surface area (TPSA) is 39.0 Å². The summed E-state index contributed by atoms with van der Waals surface area (Å²) in [6, 6.07) is 51.7. The SMILES string of the molecule is [C-]#[N+]c1cccc(N(c2cccc([N+]#[C-])c2)c2ccc3ccc4c(N(c5cccc(C#N)c5)c5ccccc5[Si](C)(C)C)ccc5ccc2c3c54)c1. The lowest BCUT2D eigenvalue weighted by molar-refractivity contribution is 1.30. The third-order valence-corrected chi connectivity index (χ3v) is 11.8. The van der Waals surface area contributed by atoms with E-state index in [1.54, 1.807) is 0 Å². The van der Waals surface area contributed by atoms with Gasteiger partial charge in [0.1, 0.15) is 0 Å². The minimum absolute atomic E-state index is 0.547. The number of nitriles is 1. The van der Waals surface area contributed by atoms with Crippen LogP contribution in [0.15, 0.2) is 146 Å². The van der Waals surface area contributed by atoms with Crippen molar-refractivity contribution in [1.82, 2.24) is 0 Å². The standard InChI is InChI=1S/C46H33N5Si/c1-48-34-12-9-15-37(28-34)50(38-16-10-13-35(29-38)49-2)41-25-21-32-20-24-40-42(26-22-33-19-23-39(41)45(32)46(33)40)51(36-14-8-11-31(27-36)30-47)43-17-6-7-18-44(43)52(3,4)5/h6-29H,3-5H3. The van der Waals surface area contributed by atoms with E-state index in [2.05, 4.69) is 124 Å². The summed E-state index contributed by atoms with van der Waals surface area (Å²) in [4.78, 5) is 11.9. The Labute approximate surface area is 304 Å². The van der Waals surface area contributed by atoms with Crippen molar-refractivity contribution in [3.63, 3.8) is 0 Å². The number of nitrogens with zero attached hydrogens (tertiary/aromatic N) is 5. The predicted octanol–water partition coefficient (Wildman–Crippen LogP) is 13.0. The fraction of sp³-hybridized carbons (Fsp3) is 0.0652. The molecular formula is C46H33N5Si. The summed E-state index contributed by atoms with van der Waals surface area (Å²) in [6.45, 7) is 22.6. The van der Waals surface area contributed by atoms with E-state index in [-0.39, 0.29) is 0 Å². The lowest BCUT2D eigenvalue weighted by Gasteiger charge is -2.32. The molecule has 0 atom stereocenters. The van der Waals surface area contributed by atoms with Crippen LogP contribution in [-0.4, -0.2) is 8.07 Å². The molecule has 0 radical (unpaired) electrons. The van der Waals surface area contributed by atoms with E-state index in [1.807, 2.05) is 66.7 Å². The molecule has 0 aliphatic heterocycles. The molecule has 0 heterocycles. The van der Waals surface area contributed by atoms with Crippen molar-refractivity contribution < 1.29 is 0 Å². The maximum absolute atomic E-state index is 9.93. The number of para-hydroxylation sites is 1. The van der Waals surface area contributed by atoms with E-state index in [0.717, 1.165) is 66.4 Å². The summed E-state index contributed by atoms with van der Waals surface area (Å²) in [7, 11) is -1.81. The van der Waals surface area contributed by atoms with Gasteiger partial charge in [-0.15, -0.1) is 0 Å². The zero-order chi connectivity index (χ0) is 36.0. The van der Waals surface area contributed by atoms with Crippen LogP contribution in [0.3, 0.4) is 0 Å². The van der Waals surface area contributed by atoms with Crippen LogP contribution in [-0.2, 0) is 0 Å². The normalized spacial score (nSPS) is 11.3. The van der Waals surface area contributed by atoms with Gasteiger partial charge < -0.3 is 9.80 Å². The Morgan fingerprint density at radius 2 is 1.02 bits per heavy atom. The average Bonchev–Trinajstić information content (AvgIpc) is 3.18. The molecule has 8 rings (SSSR count). The van der Waals surface area contributed by atoms with Crippen molar-refractivity contribution in [3.05, 3.63) is 174 Å². The van der Waals surface area contributed by atoms with Gasteiger partial charge in [-0.25, -0.2) is 9.69 Å². The first kappa shape index (κ1) is 32.3. The first-order valence-electron chi connectivity index (χ1n) is 17.1. The van der Waals surface area contributed by atoms with Crippen molar-refractivity contribution in [2.75, 3.05) is 9.80 Å². The molecular weight excluding hydrogens is 651 g/mol. The Balaban J connectivity index is 1.43. The highest BCUT2D eigenvalue weighted by Crippen LogP contribution is 2.48. The molecule has 0 N–H and O–H groups in total. The number of hydrogen-bond acceptors (Lipinski definition) is 3. The molecule has 8 aromatic carbocycles. The number of hydrogen-bond donors (Lipinski definition) is 0. The van der Waals surface area contributed by atoms with Crippen LogP contribution in [0.1, 0.15) is 5.56 Å². The van der Waals surface area contributed by atoms with Gasteiger partial charge in [-0.1, -0.05) is 105 Å². The molecule has 246 valence electrons. The van der Waals surface area contributed by atoms with Crippen molar-refractivity contribution in [1.29, 1.82) is 5.26 Å². The van der Waals surface area contributed by atoms with Crippen molar-refractivity contribution >= 4 is 91.1 Å². The fourth-order valence-electron chi connectivity index (χ4n) is 7.42. The van der Waals surface area contributed by atoms with E-state index in [9.17, 15) is 5.26 Å². The van der Waals surface area contributed by atoms with Gasteiger partial charge >= 0.3 is 0 Å². The van der Waals surface area contributed by atoms with Gasteiger partial charge in [-0.2, -0.15) is 5.26 Å². The van der Waals surface area contributed by atoms with Crippen LogP contribution in [0.4, 0.5) is 45.5 Å². The van der Waals surface area contributed by atoms with Gasteiger partial charge in [0.2, 0.25) is 0 Å². The Bertz CT molecular complexity index is 2740. The van der Waals surface area contributed by atoms with Crippen LogP contribution < -0.4 is 15.0 Å². The molecule has 8 aromatic rings. The monoisotopic (exact) mass is 683 g/mol. The van der Waals surface area contributed by atoms with Gasteiger partial charge in [0.05, 0.1) is 44.2 Å². The lowest BCUT2D eigenvalue weighted by Crippen LogP contribution is -2.40. The number of benzene rings is 8. The Kier molecular flexibility index (Phi) is 7.93. The highest BCUT2D eigenvalue weighted by Gasteiger charge is 2.27. The van der Waals surface area contributed by atoms with Crippen molar-refractivity contribution in [2.45, 2.75) is 19.6 Å². The van der Waals surface area contributed by atoms with Crippen molar-refractivity contribution in [2.24, 2.45) is 0 Å². The molecule has 0 fully saturated rings. The largest absolute Gasteiger partial charge is 0.312 e. The average molecular weight is 684 g/mol. The molecule has 0 unspecified atom stereocenters. The summed E-state index contributed by atoms with van der Waals surface area (Å²) < 4.78 is 0. The predicted molar refractivity (Wildman–Crippen MR) is 220 cm³/mol. The third-order valence-electron chi connectivity index (χ3n) is 9.72. The minimum atomic E-state index is -1.81. The molecule has 0 amide bonds. The van der Waals surface area contributed by atoms with Crippen molar-refractivity contribution in [3.8, 4) is 6.07 Å². The van der Waals surface area contributed by atoms with Crippen LogP contribution in [0.25, 0.3) is 42.0 Å². The van der Waals surface area contributed by atoms with Crippen LogP contribution >= 0.6 is 0 Å². The van der Waals surface area contributed by atoms with Crippen LogP contribution in [0.5, 0.6) is 0 Å². The maximum atomic E-state index is 9.93. The number of rotatable bonds is 7. The molecule has 0 spiro atoms. The minimum Gasteiger partial charge on any atom is -0.312 e. The quantitative estimate of drug-likeness (QED) is 0.0953. The smallest absolute Gasteiger partial charge is 0.189 e. The molecule has 0 saturated heterocycles. The van der Waals surface area contributed by atoms with E-state index >= 15 is 0 Å². The zero-order valence-corrected chi connectivity index (χ0v) is 30.1. The van der Waals surface area contributed by atoms with E-state index in [0.29, 0.717) is 16.9 Å². The third kappa shape index (κ3) is 5.47. The summed E-state index contributed by atoms with van der Waals surface area (Å²) in [6.07, 6.45) is 0. The van der Waals surface area contributed by atoms with Gasteiger partial charge in [-0.05, 0) is 87.4 Å². The molecule has 0 saturated carbocycles. The van der Waals surface area contributed by atoms with E-state index in [1.165, 1.54) is 5.19 Å². The van der Waals surface area contributed by atoms with Gasteiger partial charge in [0, 0.05) is 33.5 Å². The molecule has 0 aliphatic carbocycles. The van der Waals surface area contributed by atoms with E-state index < -0.39 is 8.07 Å². The Hall–Kier alpha value is -6.91. The zero-order valence-electron chi connectivity index (χ0n) is 29.1. The lowest BCUT2D eigenvalue weighted by atomic mass is 9.91. The Morgan fingerprint density at radius 3 is 1.56 bits per heavy atom.